The molecule has 1 amide bonds. The van der Waals surface area contributed by atoms with Crippen LogP contribution in [0.4, 0.5) is 13.2 Å². The number of nitrogens with one attached hydrogen (secondary N) is 1. The summed E-state index contributed by atoms with van der Waals surface area (Å²) in [4.78, 5) is 16.0. The number of hydrogen-bond acceptors (Lipinski definition) is 6. The number of pyridine rings is 1. The third-order valence-electron chi connectivity index (χ3n) is 5.99. The number of carbonyl (C=O) groups is 1. The van der Waals surface area contributed by atoms with Crippen molar-refractivity contribution in [2.45, 2.75) is 39.7 Å². The number of rotatable bonds is 6. The second-order valence-corrected chi connectivity index (χ2v) is 12.5. The Bertz CT molecular complexity index is 1540. The Labute approximate surface area is 222 Å². The molecule has 0 atom stereocenters. The SMILES string of the molecule is O=C(c1ccc(Cl)nc1)N1CCC(NS(=O)(=O)c2cc(S(=O)(=O)c3ccccc3)ccc2C(F)(F)F)CC1. The molecule has 3 aromatic rings. The van der Waals surface area contributed by atoms with Crippen molar-refractivity contribution in [2.75, 3.05) is 13.1 Å². The van der Waals surface area contributed by atoms with E-state index in [-0.39, 0.29) is 41.9 Å². The Hall–Kier alpha value is -3.00. The van der Waals surface area contributed by atoms with Crippen molar-refractivity contribution in [3.05, 3.63) is 83.1 Å². The molecule has 14 heteroatoms. The molecule has 0 spiro atoms. The predicted octanol–water partition coefficient (Wildman–Crippen LogP) is 4.17. The maximum Gasteiger partial charge on any atom is 0.417 e. The first-order valence-electron chi connectivity index (χ1n) is 11.2. The molecule has 1 aliphatic rings. The van der Waals surface area contributed by atoms with Gasteiger partial charge >= 0.3 is 6.18 Å². The van der Waals surface area contributed by atoms with E-state index in [0.29, 0.717) is 17.7 Å². The lowest BCUT2D eigenvalue weighted by atomic mass is 10.1. The van der Waals surface area contributed by atoms with Crippen LogP contribution in [0.15, 0.2) is 81.5 Å². The van der Waals surface area contributed by atoms with Crippen molar-refractivity contribution in [1.82, 2.24) is 14.6 Å². The molecule has 2 heterocycles. The molecule has 0 aliphatic carbocycles. The summed E-state index contributed by atoms with van der Waals surface area (Å²) < 4.78 is 95.7. The Morgan fingerprint density at radius 1 is 0.947 bits per heavy atom. The zero-order valence-corrected chi connectivity index (χ0v) is 21.9. The molecule has 1 N–H and O–H groups in total. The van der Waals surface area contributed by atoms with Gasteiger partial charge in [0.15, 0.2) is 0 Å². The fourth-order valence-electron chi connectivity index (χ4n) is 4.03. The molecule has 1 aromatic heterocycles. The molecule has 0 saturated carbocycles. The number of likely N-dealkylation sites (tertiary alicyclic amines) is 1. The standard InChI is InChI=1S/C24H21ClF3N3O5S2/c25-22-9-6-16(15-29-22)23(32)31-12-10-17(11-13-31)30-38(35,36)21-14-19(7-8-20(21)24(26,27)28)37(33,34)18-4-2-1-3-5-18/h1-9,14-15,17,30H,10-13H2. The molecule has 4 rings (SSSR count). The molecule has 2 aromatic carbocycles. The van der Waals surface area contributed by atoms with Gasteiger partial charge in [0.05, 0.1) is 25.8 Å². The topological polar surface area (TPSA) is 114 Å². The van der Waals surface area contributed by atoms with E-state index in [1.165, 1.54) is 47.5 Å². The van der Waals surface area contributed by atoms with Crippen LogP contribution in [-0.4, -0.2) is 51.8 Å². The van der Waals surface area contributed by atoms with Crippen LogP contribution < -0.4 is 4.72 Å². The number of benzene rings is 2. The summed E-state index contributed by atoms with van der Waals surface area (Å²) in [5.41, 5.74) is -1.19. The molecule has 1 saturated heterocycles. The van der Waals surface area contributed by atoms with Crippen LogP contribution in [0.25, 0.3) is 0 Å². The molecule has 1 aliphatic heterocycles. The van der Waals surface area contributed by atoms with E-state index in [9.17, 15) is 34.8 Å². The van der Waals surface area contributed by atoms with E-state index in [4.69, 9.17) is 11.6 Å². The highest BCUT2D eigenvalue weighted by Crippen LogP contribution is 2.36. The summed E-state index contributed by atoms with van der Waals surface area (Å²) in [7, 11) is -9.08. The summed E-state index contributed by atoms with van der Waals surface area (Å²) in [6, 6.07) is 10.9. The van der Waals surface area contributed by atoms with Crippen LogP contribution in [-0.2, 0) is 26.0 Å². The Morgan fingerprint density at radius 3 is 2.18 bits per heavy atom. The van der Waals surface area contributed by atoms with Crippen molar-refractivity contribution in [2.24, 2.45) is 0 Å². The van der Waals surface area contributed by atoms with E-state index in [0.717, 1.165) is 6.07 Å². The highest BCUT2D eigenvalue weighted by Gasteiger charge is 2.39. The fraction of sp³-hybridized carbons (Fsp3) is 0.250. The van der Waals surface area contributed by atoms with Gasteiger partial charge in [-0.25, -0.2) is 26.5 Å². The van der Waals surface area contributed by atoms with Gasteiger partial charge in [0.25, 0.3) is 5.91 Å². The Morgan fingerprint density at radius 2 is 1.61 bits per heavy atom. The molecule has 8 nitrogen and oxygen atoms in total. The average molecular weight is 588 g/mol. The monoisotopic (exact) mass is 587 g/mol. The lowest BCUT2D eigenvalue weighted by Gasteiger charge is -2.32. The Kier molecular flexibility index (Phi) is 7.84. The predicted molar refractivity (Wildman–Crippen MR) is 132 cm³/mol. The van der Waals surface area contributed by atoms with Gasteiger partial charge in [0.2, 0.25) is 19.9 Å². The first kappa shape index (κ1) is 28.0. The summed E-state index contributed by atoms with van der Waals surface area (Å²) in [5.74, 6) is -0.339. The van der Waals surface area contributed by atoms with Gasteiger partial charge in [-0.05, 0) is 55.3 Å². The molecule has 0 unspecified atom stereocenters. The number of aromatic nitrogens is 1. The quantitative estimate of drug-likeness (QED) is 0.433. The van der Waals surface area contributed by atoms with Crippen molar-refractivity contribution in [3.8, 4) is 0 Å². The number of sulfonamides is 1. The summed E-state index contributed by atoms with van der Waals surface area (Å²) >= 11 is 5.73. The number of alkyl halides is 3. The number of piperidine rings is 1. The number of nitrogens with zero attached hydrogens (tertiary/aromatic N) is 2. The highest BCUT2D eigenvalue weighted by atomic mass is 35.5. The summed E-state index contributed by atoms with van der Waals surface area (Å²) in [6.07, 6.45) is -3.47. The van der Waals surface area contributed by atoms with Gasteiger partial charge < -0.3 is 4.90 Å². The second kappa shape index (κ2) is 10.6. The van der Waals surface area contributed by atoms with E-state index in [1.807, 2.05) is 0 Å². The third kappa shape index (κ3) is 6.01. The molecular formula is C24H21ClF3N3O5S2. The van der Waals surface area contributed by atoms with Gasteiger partial charge in [0.1, 0.15) is 5.15 Å². The Balaban J connectivity index is 1.57. The average Bonchev–Trinajstić information content (AvgIpc) is 2.88. The van der Waals surface area contributed by atoms with Gasteiger partial charge in [-0.2, -0.15) is 13.2 Å². The maximum absolute atomic E-state index is 13.7. The van der Waals surface area contributed by atoms with E-state index in [2.05, 4.69) is 9.71 Å². The number of sulfone groups is 1. The molecule has 0 bridgehead atoms. The largest absolute Gasteiger partial charge is 0.417 e. The van der Waals surface area contributed by atoms with Crippen LogP contribution in [0.5, 0.6) is 0 Å². The normalized spacial score (nSPS) is 15.4. The van der Waals surface area contributed by atoms with Gasteiger partial charge in [-0.3, -0.25) is 4.79 Å². The van der Waals surface area contributed by atoms with Crippen molar-refractivity contribution < 1.29 is 34.8 Å². The number of halogens is 4. The minimum Gasteiger partial charge on any atom is -0.338 e. The van der Waals surface area contributed by atoms with E-state index < -0.39 is 47.4 Å². The smallest absolute Gasteiger partial charge is 0.338 e. The van der Waals surface area contributed by atoms with E-state index in [1.54, 1.807) is 6.07 Å². The zero-order chi connectivity index (χ0) is 27.7. The summed E-state index contributed by atoms with van der Waals surface area (Å²) in [6.45, 7) is 0.284. The highest BCUT2D eigenvalue weighted by molar-refractivity contribution is 7.91. The molecule has 202 valence electrons. The van der Waals surface area contributed by atoms with Crippen LogP contribution in [0.3, 0.4) is 0 Å². The van der Waals surface area contributed by atoms with Crippen LogP contribution in [0, 0.1) is 0 Å². The van der Waals surface area contributed by atoms with Crippen LogP contribution >= 0.6 is 11.6 Å². The molecule has 0 radical (unpaired) electrons. The lowest BCUT2D eigenvalue weighted by Crippen LogP contribution is -2.46. The number of amides is 1. The van der Waals surface area contributed by atoms with E-state index >= 15 is 0 Å². The molecule has 38 heavy (non-hydrogen) atoms. The maximum atomic E-state index is 13.7. The summed E-state index contributed by atoms with van der Waals surface area (Å²) in [5, 5.41) is 0.216. The fourth-order valence-corrected chi connectivity index (χ4v) is 7.08. The zero-order valence-electron chi connectivity index (χ0n) is 19.5. The minimum atomic E-state index is -5.05. The van der Waals surface area contributed by atoms with Crippen LogP contribution in [0.2, 0.25) is 5.15 Å². The van der Waals surface area contributed by atoms with Crippen LogP contribution in [0.1, 0.15) is 28.8 Å². The number of hydrogen-bond donors (Lipinski definition) is 1. The first-order chi connectivity index (χ1) is 17.8. The second-order valence-electron chi connectivity index (χ2n) is 8.53. The lowest BCUT2D eigenvalue weighted by molar-refractivity contribution is -0.139. The van der Waals surface area contributed by atoms with Crippen molar-refractivity contribution in [1.29, 1.82) is 0 Å². The molecule has 1 fully saturated rings. The van der Waals surface area contributed by atoms with Gasteiger partial charge in [0, 0.05) is 25.3 Å². The van der Waals surface area contributed by atoms with Gasteiger partial charge in [-0.1, -0.05) is 29.8 Å². The first-order valence-corrected chi connectivity index (χ1v) is 14.6. The van der Waals surface area contributed by atoms with Crippen molar-refractivity contribution >= 4 is 37.4 Å². The molecular weight excluding hydrogens is 567 g/mol. The number of carbonyl (C=O) groups excluding carboxylic acids is 1. The minimum absolute atomic E-state index is 0.134. The van der Waals surface area contributed by atoms with Crippen molar-refractivity contribution in [3.63, 3.8) is 0 Å². The third-order valence-corrected chi connectivity index (χ3v) is 9.54. The van der Waals surface area contributed by atoms with Gasteiger partial charge in [-0.15, -0.1) is 0 Å².